The van der Waals surface area contributed by atoms with Crippen LogP contribution >= 0.6 is 0 Å². The minimum absolute atomic E-state index is 0.403. The fourth-order valence-electron chi connectivity index (χ4n) is 3.32. The number of hydrogen-bond acceptors (Lipinski definition) is 2. The first-order valence-corrected chi connectivity index (χ1v) is 7.22. The third kappa shape index (κ3) is 2.32. The normalized spacial score (nSPS) is 21.3. The summed E-state index contributed by atoms with van der Waals surface area (Å²) in [5.41, 5.74) is 4.26. The van der Waals surface area contributed by atoms with Crippen LogP contribution < -0.4 is 10.1 Å². The van der Waals surface area contributed by atoms with E-state index in [4.69, 9.17) is 4.74 Å². The van der Waals surface area contributed by atoms with Crippen LogP contribution in [0.1, 0.15) is 29.0 Å². The van der Waals surface area contributed by atoms with Gasteiger partial charge in [-0.05, 0) is 48.7 Å². The summed E-state index contributed by atoms with van der Waals surface area (Å²) in [7, 11) is 3.79. The molecule has 0 amide bonds. The predicted molar refractivity (Wildman–Crippen MR) is 82.4 cm³/mol. The van der Waals surface area contributed by atoms with E-state index in [1.54, 1.807) is 7.11 Å². The number of fused-ring (bicyclic) bond motifs is 1. The lowest BCUT2D eigenvalue weighted by Gasteiger charge is -2.34. The van der Waals surface area contributed by atoms with Crippen LogP contribution in [0.25, 0.3) is 0 Å². The van der Waals surface area contributed by atoms with Crippen molar-refractivity contribution < 1.29 is 4.74 Å². The molecule has 2 atom stereocenters. The van der Waals surface area contributed by atoms with Crippen LogP contribution in [-0.2, 0) is 6.42 Å². The average Bonchev–Trinajstić information content (AvgIpc) is 2.53. The highest BCUT2D eigenvalue weighted by molar-refractivity contribution is 5.44. The Kier molecular flexibility index (Phi) is 3.75. The van der Waals surface area contributed by atoms with Gasteiger partial charge in [0, 0.05) is 12.0 Å². The monoisotopic (exact) mass is 267 g/mol. The van der Waals surface area contributed by atoms with Crippen LogP contribution in [0.2, 0.25) is 0 Å². The molecule has 1 aliphatic carbocycles. The van der Waals surface area contributed by atoms with Gasteiger partial charge in [-0.1, -0.05) is 36.4 Å². The molecule has 0 saturated carbocycles. The average molecular weight is 267 g/mol. The van der Waals surface area contributed by atoms with E-state index in [2.05, 4.69) is 54.8 Å². The summed E-state index contributed by atoms with van der Waals surface area (Å²) in [6, 6.07) is 17.8. The van der Waals surface area contributed by atoms with E-state index in [1.165, 1.54) is 23.1 Å². The maximum Gasteiger partial charge on any atom is 0.119 e. The molecule has 2 aromatic carbocycles. The molecule has 2 heteroatoms. The van der Waals surface area contributed by atoms with Crippen molar-refractivity contribution in [1.29, 1.82) is 0 Å². The van der Waals surface area contributed by atoms with Crippen LogP contribution in [0.4, 0.5) is 0 Å². The van der Waals surface area contributed by atoms with Gasteiger partial charge in [-0.3, -0.25) is 0 Å². The summed E-state index contributed by atoms with van der Waals surface area (Å²) in [4.78, 5) is 0. The van der Waals surface area contributed by atoms with E-state index in [0.717, 1.165) is 12.2 Å². The van der Waals surface area contributed by atoms with Gasteiger partial charge in [0.15, 0.2) is 0 Å². The topological polar surface area (TPSA) is 21.3 Å². The van der Waals surface area contributed by atoms with Crippen LogP contribution in [0, 0.1) is 0 Å². The van der Waals surface area contributed by atoms with Gasteiger partial charge in [0.05, 0.1) is 7.11 Å². The summed E-state index contributed by atoms with van der Waals surface area (Å²) in [6.45, 7) is 0. The molecule has 0 fully saturated rings. The smallest absolute Gasteiger partial charge is 0.119 e. The van der Waals surface area contributed by atoms with Crippen molar-refractivity contribution in [3.05, 3.63) is 65.2 Å². The second kappa shape index (κ2) is 5.68. The first-order valence-electron chi connectivity index (χ1n) is 7.22. The van der Waals surface area contributed by atoms with Gasteiger partial charge < -0.3 is 10.1 Å². The highest BCUT2D eigenvalue weighted by Gasteiger charge is 2.29. The Morgan fingerprint density at radius 3 is 2.75 bits per heavy atom. The molecule has 104 valence electrons. The van der Waals surface area contributed by atoms with Crippen LogP contribution in [0.3, 0.4) is 0 Å². The third-order valence-electron chi connectivity index (χ3n) is 4.34. The maximum atomic E-state index is 5.38. The molecule has 20 heavy (non-hydrogen) atoms. The Morgan fingerprint density at radius 1 is 1.10 bits per heavy atom. The van der Waals surface area contributed by atoms with Gasteiger partial charge in [-0.25, -0.2) is 0 Å². The van der Waals surface area contributed by atoms with E-state index in [0.29, 0.717) is 12.0 Å². The number of hydrogen-bond donors (Lipinski definition) is 1. The molecule has 0 aliphatic heterocycles. The Hall–Kier alpha value is -1.80. The van der Waals surface area contributed by atoms with Gasteiger partial charge >= 0.3 is 0 Å². The molecule has 1 aliphatic rings. The van der Waals surface area contributed by atoms with Crippen molar-refractivity contribution in [3.63, 3.8) is 0 Å². The van der Waals surface area contributed by atoms with Gasteiger partial charge in [0.1, 0.15) is 5.75 Å². The lowest BCUT2D eigenvalue weighted by molar-refractivity contribution is 0.411. The van der Waals surface area contributed by atoms with Crippen LogP contribution in [0.15, 0.2) is 48.5 Å². The van der Waals surface area contributed by atoms with Crippen molar-refractivity contribution in [1.82, 2.24) is 5.32 Å². The third-order valence-corrected chi connectivity index (χ3v) is 4.34. The van der Waals surface area contributed by atoms with E-state index in [9.17, 15) is 0 Å². The summed E-state index contributed by atoms with van der Waals surface area (Å²) in [6.07, 6.45) is 2.33. The minimum Gasteiger partial charge on any atom is -0.497 e. The molecule has 0 aromatic heterocycles. The van der Waals surface area contributed by atoms with E-state index in [1.807, 2.05) is 6.07 Å². The zero-order valence-electron chi connectivity index (χ0n) is 12.1. The Bertz CT molecular complexity index is 593. The molecule has 1 N–H and O–H groups in total. The molecular weight excluding hydrogens is 246 g/mol. The second-order valence-corrected chi connectivity index (χ2v) is 5.39. The summed E-state index contributed by atoms with van der Waals surface area (Å²) in [5, 5.41) is 3.49. The standard InChI is InChI=1S/C18H21NO/c1-19-17-11-10-13-6-3-4-9-16(13)18(17)14-7-5-8-15(12-14)20-2/h3-9,12,17-19H,10-11H2,1-2H3. The highest BCUT2D eigenvalue weighted by Crippen LogP contribution is 2.37. The van der Waals surface area contributed by atoms with Gasteiger partial charge in [0.25, 0.3) is 0 Å². The number of rotatable bonds is 3. The number of likely N-dealkylation sites (N-methyl/N-ethyl adjacent to an activating group) is 1. The highest BCUT2D eigenvalue weighted by atomic mass is 16.5. The fraction of sp³-hybridized carbons (Fsp3) is 0.333. The van der Waals surface area contributed by atoms with E-state index < -0.39 is 0 Å². The molecule has 3 rings (SSSR count). The van der Waals surface area contributed by atoms with Crippen molar-refractivity contribution in [2.24, 2.45) is 0 Å². The van der Waals surface area contributed by atoms with Crippen molar-refractivity contribution >= 4 is 0 Å². The molecule has 0 saturated heterocycles. The largest absolute Gasteiger partial charge is 0.497 e. The van der Waals surface area contributed by atoms with Crippen LogP contribution in [0.5, 0.6) is 5.75 Å². The first kappa shape index (κ1) is 13.2. The van der Waals surface area contributed by atoms with Gasteiger partial charge in [0.2, 0.25) is 0 Å². The molecule has 0 spiro atoms. The summed E-state index contributed by atoms with van der Waals surface area (Å²) >= 11 is 0. The Balaban J connectivity index is 2.08. The van der Waals surface area contributed by atoms with Gasteiger partial charge in [-0.2, -0.15) is 0 Å². The molecular formula is C18H21NO. The van der Waals surface area contributed by atoms with Gasteiger partial charge in [-0.15, -0.1) is 0 Å². The Labute approximate surface area is 120 Å². The molecule has 0 radical (unpaired) electrons. The second-order valence-electron chi connectivity index (χ2n) is 5.39. The van der Waals surface area contributed by atoms with Crippen LogP contribution in [-0.4, -0.2) is 20.2 Å². The summed E-state index contributed by atoms with van der Waals surface area (Å²) < 4.78 is 5.38. The predicted octanol–water partition coefficient (Wildman–Crippen LogP) is 3.36. The van der Waals surface area contributed by atoms with Crippen molar-refractivity contribution in [2.75, 3.05) is 14.2 Å². The first-order chi connectivity index (χ1) is 9.83. The molecule has 0 bridgehead atoms. The molecule has 2 nitrogen and oxygen atoms in total. The molecule has 0 heterocycles. The number of aryl methyl sites for hydroxylation is 1. The zero-order chi connectivity index (χ0) is 13.9. The SMILES string of the molecule is CNC1CCc2ccccc2C1c1cccc(OC)c1. The number of ether oxygens (including phenoxy) is 1. The number of benzene rings is 2. The summed E-state index contributed by atoms with van der Waals surface area (Å²) in [5.74, 6) is 1.33. The Morgan fingerprint density at radius 2 is 1.95 bits per heavy atom. The lowest BCUT2D eigenvalue weighted by atomic mass is 9.75. The maximum absolute atomic E-state index is 5.38. The zero-order valence-corrected chi connectivity index (χ0v) is 12.1. The van der Waals surface area contributed by atoms with Crippen molar-refractivity contribution in [3.8, 4) is 5.75 Å². The fourth-order valence-corrected chi connectivity index (χ4v) is 3.32. The minimum atomic E-state index is 0.403. The quantitative estimate of drug-likeness (QED) is 0.920. The van der Waals surface area contributed by atoms with E-state index >= 15 is 0 Å². The number of methoxy groups -OCH3 is 1. The lowest BCUT2D eigenvalue weighted by Crippen LogP contribution is -2.36. The number of nitrogens with one attached hydrogen (secondary N) is 1. The molecule has 2 aromatic rings. The van der Waals surface area contributed by atoms with Crippen molar-refractivity contribution in [2.45, 2.75) is 24.8 Å². The molecule has 2 unspecified atom stereocenters. The van der Waals surface area contributed by atoms with E-state index in [-0.39, 0.29) is 0 Å².